The maximum atomic E-state index is 13.5. The number of fused-ring (bicyclic) bond motifs is 1. The molecule has 1 saturated heterocycles. The standard InChI is InChI=1S/C20H21F3N6/c1-12-7-24-8-14(12)28-17-4-2-3-13(27-17)15-9-26-18-10-25-16(11-29(15)18)19(5-6-19)20(21,22)23/h2-4,9-12,14,24H,5-8H2,1H3,(H,27,28)/t12-,14-/m0/s1. The molecule has 2 atom stereocenters. The van der Waals surface area contributed by atoms with Gasteiger partial charge in [0.15, 0.2) is 5.65 Å². The molecule has 4 heterocycles. The zero-order chi connectivity index (χ0) is 20.2. The predicted octanol–water partition coefficient (Wildman–Crippen LogP) is 3.41. The SMILES string of the molecule is C[C@H]1CNC[C@@H]1Nc1cccc(-c2cnc3cnc(C4(C(F)(F)F)CC4)cn23)n1. The number of aromatic nitrogens is 4. The van der Waals surface area contributed by atoms with Crippen molar-refractivity contribution >= 4 is 11.5 Å². The number of nitrogens with one attached hydrogen (secondary N) is 2. The van der Waals surface area contributed by atoms with Gasteiger partial charge in [-0.2, -0.15) is 13.2 Å². The largest absolute Gasteiger partial charge is 0.399 e. The third kappa shape index (κ3) is 3.04. The van der Waals surface area contributed by atoms with Gasteiger partial charge in [0.25, 0.3) is 0 Å². The highest BCUT2D eigenvalue weighted by Crippen LogP contribution is 2.58. The molecular weight excluding hydrogens is 381 g/mol. The summed E-state index contributed by atoms with van der Waals surface area (Å²) < 4.78 is 42.2. The smallest absolute Gasteiger partial charge is 0.366 e. The van der Waals surface area contributed by atoms with Crippen molar-refractivity contribution < 1.29 is 13.2 Å². The zero-order valence-corrected chi connectivity index (χ0v) is 15.9. The quantitative estimate of drug-likeness (QED) is 0.700. The lowest BCUT2D eigenvalue weighted by Crippen LogP contribution is -2.29. The predicted molar refractivity (Wildman–Crippen MR) is 103 cm³/mol. The van der Waals surface area contributed by atoms with Gasteiger partial charge in [-0.3, -0.25) is 9.38 Å². The molecule has 152 valence electrons. The number of anilines is 1. The number of rotatable bonds is 4. The van der Waals surface area contributed by atoms with E-state index in [1.807, 2.05) is 18.2 Å². The van der Waals surface area contributed by atoms with E-state index in [4.69, 9.17) is 0 Å². The second kappa shape index (κ2) is 6.41. The van der Waals surface area contributed by atoms with Gasteiger partial charge in [0.05, 0.1) is 29.5 Å². The molecule has 6 nitrogen and oxygen atoms in total. The Kier molecular flexibility index (Phi) is 4.06. The van der Waals surface area contributed by atoms with Crippen molar-refractivity contribution in [3.63, 3.8) is 0 Å². The van der Waals surface area contributed by atoms with Crippen molar-refractivity contribution in [1.82, 2.24) is 24.7 Å². The number of hydrogen-bond acceptors (Lipinski definition) is 5. The molecule has 0 spiro atoms. The molecule has 29 heavy (non-hydrogen) atoms. The molecule has 0 bridgehead atoms. The van der Waals surface area contributed by atoms with Crippen LogP contribution in [-0.2, 0) is 5.41 Å². The van der Waals surface area contributed by atoms with E-state index in [0.717, 1.165) is 18.9 Å². The van der Waals surface area contributed by atoms with Gasteiger partial charge < -0.3 is 10.6 Å². The van der Waals surface area contributed by atoms with Crippen molar-refractivity contribution in [3.8, 4) is 11.4 Å². The summed E-state index contributed by atoms with van der Waals surface area (Å²) in [6.07, 6.45) is 0.332. The van der Waals surface area contributed by atoms with Crippen LogP contribution in [0.1, 0.15) is 25.5 Å². The monoisotopic (exact) mass is 402 g/mol. The first-order valence-electron chi connectivity index (χ1n) is 9.72. The van der Waals surface area contributed by atoms with Crippen molar-refractivity contribution in [3.05, 3.63) is 42.5 Å². The lowest BCUT2D eigenvalue weighted by Gasteiger charge is -2.19. The van der Waals surface area contributed by atoms with Crippen molar-refractivity contribution in [2.75, 3.05) is 18.4 Å². The van der Waals surface area contributed by atoms with Crippen LogP contribution in [0.15, 0.2) is 36.8 Å². The molecule has 3 aromatic heterocycles. The van der Waals surface area contributed by atoms with Crippen molar-refractivity contribution in [1.29, 1.82) is 0 Å². The minimum atomic E-state index is -4.30. The van der Waals surface area contributed by atoms with E-state index in [9.17, 15) is 13.2 Å². The first kappa shape index (κ1) is 18.4. The summed E-state index contributed by atoms with van der Waals surface area (Å²) in [6.45, 7) is 4.01. The fraction of sp³-hybridized carbons (Fsp3) is 0.450. The molecular formula is C20H21F3N6. The topological polar surface area (TPSA) is 67.1 Å². The highest BCUT2D eigenvalue weighted by Gasteiger charge is 2.65. The van der Waals surface area contributed by atoms with Crippen LogP contribution in [0.2, 0.25) is 0 Å². The summed E-state index contributed by atoms with van der Waals surface area (Å²) in [4.78, 5) is 13.0. The normalized spacial score (nSPS) is 23.4. The molecule has 0 unspecified atom stereocenters. The van der Waals surface area contributed by atoms with E-state index >= 15 is 0 Å². The number of nitrogens with zero attached hydrogens (tertiary/aromatic N) is 4. The summed E-state index contributed by atoms with van der Waals surface area (Å²) in [6, 6.07) is 5.91. The molecule has 3 aromatic rings. The Balaban J connectivity index is 1.51. The number of imidazole rings is 1. The minimum Gasteiger partial charge on any atom is -0.366 e. The Morgan fingerprint density at radius 1 is 1.17 bits per heavy atom. The van der Waals surface area contributed by atoms with Gasteiger partial charge in [-0.15, -0.1) is 0 Å². The molecule has 1 saturated carbocycles. The number of hydrogen-bond donors (Lipinski definition) is 2. The molecule has 9 heteroatoms. The van der Waals surface area contributed by atoms with Gasteiger partial charge in [0, 0.05) is 18.8 Å². The fourth-order valence-electron chi connectivity index (χ4n) is 3.99. The van der Waals surface area contributed by atoms with E-state index in [2.05, 4.69) is 32.5 Å². The number of pyridine rings is 1. The average molecular weight is 402 g/mol. The van der Waals surface area contributed by atoms with Crippen LogP contribution in [0, 0.1) is 5.92 Å². The van der Waals surface area contributed by atoms with Gasteiger partial charge in [-0.05, 0) is 37.4 Å². The highest BCUT2D eigenvalue weighted by atomic mass is 19.4. The third-order valence-corrected chi connectivity index (χ3v) is 6.04. The molecule has 0 aromatic carbocycles. The van der Waals surface area contributed by atoms with Crippen molar-refractivity contribution in [2.24, 2.45) is 5.92 Å². The molecule has 1 aliphatic carbocycles. The Morgan fingerprint density at radius 2 is 2.00 bits per heavy atom. The van der Waals surface area contributed by atoms with Gasteiger partial charge >= 0.3 is 6.18 Å². The van der Waals surface area contributed by atoms with Crippen LogP contribution in [-0.4, -0.2) is 44.7 Å². The summed E-state index contributed by atoms with van der Waals surface area (Å²) >= 11 is 0. The molecule has 1 aliphatic heterocycles. The Hall–Kier alpha value is -2.68. The van der Waals surface area contributed by atoms with Gasteiger partial charge in [0.1, 0.15) is 11.2 Å². The van der Waals surface area contributed by atoms with E-state index in [0.29, 0.717) is 23.0 Å². The van der Waals surface area contributed by atoms with E-state index in [1.54, 1.807) is 10.6 Å². The summed E-state index contributed by atoms with van der Waals surface area (Å²) in [5, 5.41) is 6.79. The lowest BCUT2D eigenvalue weighted by atomic mass is 10.0. The molecule has 2 N–H and O–H groups in total. The van der Waals surface area contributed by atoms with Crippen molar-refractivity contribution in [2.45, 2.75) is 37.4 Å². The Labute approximate surface area is 165 Å². The molecule has 5 rings (SSSR count). The van der Waals surface area contributed by atoms with Crippen LogP contribution < -0.4 is 10.6 Å². The third-order valence-electron chi connectivity index (χ3n) is 6.04. The number of halogens is 3. The Morgan fingerprint density at radius 3 is 2.69 bits per heavy atom. The highest BCUT2D eigenvalue weighted by molar-refractivity contribution is 5.62. The summed E-state index contributed by atoms with van der Waals surface area (Å²) in [7, 11) is 0. The second-order valence-electron chi connectivity index (χ2n) is 8.02. The van der Waals surface area contributed by atoms with E-state index in [1.165, 1.54) is 12.4 Å². The first-order chi connectivity index (χ1) is 13.9. The van der Waals surface area contributed by atoms with E-state index in [-0.39, 0.29) is 24.6 Å². The van der Waals surface area contributed by atoms with Crippen LogP contribution in [0.3, 0.4) is 0 Å². The van der Waals surface area contributed by atoms with Gasteiger partial charge in [0.2, 0.25) is 0 Å². The maximum absolute atomic E-state index is 13.5. The van der Waals surface area contributed by atoms with Gasteiger partial charge in [-0.1, -0.05) is 13.0 Å². The number of alkyl halides is 3. The van der Waals surface area contributed by atoms with Crippen LogP contribution in [0.4, 0.5) is 19.0 Å². The minimum absolute atomic E-state index is 0.0388. The Bertz CT molecular complexity index is 1060. The lowest BCUT2D eigenvalue weighted by molar-refractivity contribution is -0.161. The summed E-state index contributed by atoms with van der Waals surface area (Å²) in [5.41, 5.74) is -0.00378. The van der Waals surface area contributed by atoms with Crippen LogP contribution >= 0.6 is 0 Å². The second-order valence-corrected chi connectivity index (χ2v) is 8.02. The molecule has 0 radical (unpaired) electrons. The first-order valence-corrected chi connectivity index (χ1v) is 9.72. The summed E-state index contributed by atoms with van der Waals surface area (Å²) in [5.74, 6) is 1.23. The van der Waals surface area contributed by atoms with Crippen LogP contribution in [0.5, 0.6) is 0 Å². The van der Waals surface area contributed by atoms with Gasteiger partial charge in [-0.25, -0.2) is 9.97 Å². The molecule has 2 aliphatic rings. The molecule has 2 fully saturated rings. The fourth-order valence-corrected chi connectivity index (χ4v) is 3.99. The van der Waals surface area contributed by atoms with Crippen LogP contribution in [0.25, 0.3) is 17.0 Å². The zero-order valence-electron chi connectivity index (χ0n) is 15.9. The molecule has 0 amide bonds. The average Bonchev–Trinajstić information content (AvgIpc) is 3.28. The van der Waals surface area contributed by atoms with E-state index < -0.39 is 11.6 Å². The maximum Gasteiger partial charge on any atom is 0.399 e.